The molecule has 0 spiro atoms. The molecule has 2 rings (SSSR count). The summed E-state index contributed by atoms with van der Waals surface area (Å²) in [7, 11) is 0. The Morgan fingerprint density at radius 2 is 2.29 bits per heavy atom. The molecule has 6 heteroatoms. The first-order valence-electron chi connectivity index (χ1n) is 4.15. The van der Waals surface area contributed by atoms with Gasteiger partial charge in [-0.25, -0.2) is 0 Å². The monoisotopic (exact) mass is 190 g/mol. The van der Waals surface area contributed by atoms with Crippen LogP contribution >= 0.6 is 0 Å². The highest BCUT2D eigenvalue weighted by Crippen LogP contribution is 2.04. The van der Waals surface area contributed by atoms with Crippen molar-refractivity contribution >= 4 is 11.6 Å². The van der Waals surface area contributed by atoms with E-state index in [1.165, 1.54) is 0 Å². The molecule has 14 heavy (non-hydrogen) atoms. The molecule has 2 heterocycles. The fourth-order valence-corrected chi connectivity index (χ4v) is 1.00. The number of anilines is 2. The zero-order valence-electron chi connectivity index (χ0n) is 7.44. The van der Waals surface area contributed by atoms with Crippen LogP contribution in [0.2, 0.25) is 0 Å². The molecule has 72 valence electrons. The molecule has 0 atom stereocenters. The summed E-state index contributed by atoms with van der Waals surface area (Å²) < 4.78 is 0. The number of rotatable bonds is 3. The molecule has 0 saturated carbocycles. The second kappa shape index (κ2) is 3.73. The van der Waals surface area contributed by atoms with Gasteiger partial charge in [0.25, 0.3) is 0 Å². The van der Waals surface area contributed by atoms with Gasteiger partial charge in [0.1, 0.15) is 11.6 Å². The lowest BCUT2D eigenvalue weighted by molar-refractivity contribution is 1.01. The van der Waals surface area contributed by atoms with Crippen molar-refractivity contribution in [2.75, 3.05) is 11.1 Å². The molecular formula is C8H10N6. The molecular weight excluding hydrogens is 180 g/mol. The molecule has 4 N–H and O–H groups in total. The van der Waals surface area contributed by atoms with E-state index >= 15 is 0 Å². The maximum Gasteiger partial charge on any atom is 0.149 e. The molecule has 0 saturated heterocycles. The fraction of sp³-hybridized carbons (Fsp3) is 0.125. The van der Waals surface area contributed by atoms with Crippen molar-refractivity contribution in [1.82, 2.24) is 20.4 Å². The van der Waals surface area contributed by atoms with Gasteiger partial charge < -0.3 is 11.1 Å². The lowest BCUT2D eigenvalue weighted by atomic mass is 10.3. The molecule has 0 bridgehead atoms. The van der Waals surface area contributed by atoms with Gasteiger partial charge in [0.2, 0.25) is 0 Å². The van der Waals surface area contributed by atoms with Gasteiger partial charge in [0.15, 0.2) is 0 Å². The number of nitrogen functional groups attached to an aromatic ring is 1. The van der Waals surface area contributed by atoms with Crippen molar-refractivity contribution in [2.45, 2.75) is 6.54 Å². The zero-order valence-corrected chi connectivity index (χ0v) is 7.44. The molecule has 2 aromatic rings. The lowest BCUT2D eigenvalue weighted by Crippen LogP contribution is -2.02. The second-order valence-corrected chi connectivity index (χ2v) is 2.80. The van der Waals surface area contributed by atoms with E-state index in [4.69, 9.17) is 5.73 Å². The summed E-state index contributed by atoms with van der Waals surface area (Å²) in [5, 5.41) is 17.2. The number of aromatic nitrogens is 4. The number of nitrogens with two attached hydrogens (primary N) is 1. The average molecular weight is 190 g/mol. The van der Waals surface area contributed by atoms with Gasteiger partial charge in [-0.05, 0) is 12.1 Å². The molecule has 0 aliphatic rings. The van der Waals surface area contributed by atoms with Crippen molar-refractivity contribution < 1.29 is 0 Å². The Bertz CT molecular complexity index is 379. The Kier molecular flexibility index (Phi) is 2.26. The first-order valence-corrected chi connectivity index (χ1v) is 4.15. The highest BCUT2D eigenvalue weighted by Gasteiger charge is 1.96. The molecule has 0 radical (unpaired) electrons. The van der Waals surface area contributed by atoms with Crippen LogP contribution in [0.4, 0.5) is 11.6 Å². The number of hydrogen-bond donors (Lipinski definition) is 3. The van der Waals surface area contributed by atoms with Crippen molar-refractivity contribution in [3.05, 3.63) is 30.1 Å². The molecule has 6 nitrogen and oxygen atoms in total. The minimum Gasteiger partial charge on any atom is -0.382 e. The highest BCUT2D eigenvalue weighted by molar-refractivity contribution is 5.38. The van der Waals surface area contributed by atoms with Crippen molar-refractivity contribution in [3.8, 4) is 0 Å². The van der Waals surface area contributed by atoms with E-state index in [1.54, 1.807) is 18.3 Å². The standard InChI is InChI=1S/C8H10N6/c9-7-1-2-8(14-13-7)10-3-6-4-11-12-5-6/h1-2,4-5H,3H2,(H2,9,13)(H,10,14)(H,11,12). The number of H-pyrrole nitrogens is 1. The Morgan fingerprint density at radius 3 is 2.93 bits per heavy atom. The minimum absolute atomic E-state index is 0.416. The molecule has 0 aliphatic carbocycles. The SMILES string of the molecule is Nc1ccc(NCc2cn[nH]c2)nn1. The van der Waals surface area contributed by atoms with Crippen LogP contribution in [0.15, 0.2) is 24.5 Å². The lowest BCUT2D eigenvalue weighted by Gasteiger charge is -2.01. The zero-order chi connectivity index (χ0) is 9.80. The normalized spacial score (nSPS) is 10.0. The van der Waals surface area contributed by atoms with Gasteiger partial charge >= 0.3 is 0 Å². The van der Waals surface area contributed by atoms with Crippen LogP contribution in [-0.2, 0) is 6.54 Å². The van der Waals surface area contributed by atoms with Crippen LogP contribution in [0.5, 0.6) is 0 Å². The van der Waals surface area contributed by atoms with Gasteiger partial charge in [0, 0.05) is 18.3 Å². The molecule has 2 aromatic heterocycles. The summed E-state index contributed by atoms with van der Waals surface area (Å²) in [4.78, 5) is 0. The largest absolute Gasteiger partial charge is 0.382 e. The number of nitrogens with one attached hydrogen (secondary N) is 2. The van der Waals surface area contributed by atoms with E-state index in [9.17, 15) is 0 Å². The van der Waals surface area contributed by atoms with Gasteiger partial charge in [-0.3, -0.25) is 5.10 Å². The fourth-order valence-electron chi connectivity index (χ4n) is 1.00. The minimum atomic E-state index is 0.416. The molecule has 0 aliphatic heterocycles. The van der Waals surface area contributed by atoms with Crippen LogP contribution < -0.4 is 11.1 Å². The van der Waals surface area contributed by atoms with E-state index in [1.807, 2.05) is 6.20 Å². The first-order chi connectivity index (χ1) is 6.84. The van der Waals surface area contributed by atoms with E-state index in [0.717, 1.165) is 5.56 Å². The maximum absolute atomic E-state index is 5.40. The van der Waals surface area contributed by atoms with Gasteiger partial charge in [-0.1, -0.05) is 0 Å². The first kappa shape index (κ1) is 8.49. The summed E-state index contributed by atoms with van der Waals surface area (Å²) in [6, 6.07) is 3.48. The Labute approximate surface area is 80.5 Å². The van der Waals surface area contributed by atoms with E-state index < -0.39 is 0 Å². The topological polar surface area (TPSA) is 92.5 Å². The summed E-state index contributed by atoms with van der Waals surface area (Å²) in [6.45, 7) is 0.662. The smallest absolute Gasteiger partial charge is 0.149 e. The van der Waals surface area contributed by atoms with Crippen molar-refractivity contribution in [3.63, 3.8) is 0 Å². The Balaban J connectivity index is 1.95. The molecule has 0 unspecified atom stereocenters. The van der Waals surface area contributed by atoms with Crippen LogP contribution in [0.25, 0.3) is 0 Å². The third-order valence-electron chi connectivity index (χ3n) is 1.71. The van der Waals surface area contributed by atoms with Crippen LogP contribution in [0.3, 0.4) is 0 Å². The van der Waals surface area contributed by atoms with Gasteiger partial charge in [-0.15, -0.1) is 10.2 Å². The number of hydrogen-bond acceptors (Lipinski definition) is 5. The number of nitrogens with zero attached hydrogens (tertiary/aromatic N) is 3. The summed E-state index contributed by atoms with van der Waals surface area (Å²) in [5.74, 6) is 1.11. The van der Waals surface area contributed by atoms with Gasteiger partial charge in [0.05, 0.1) is 6.20 Å². The summed E-state index contributed by atoms with van der Waals surface area (Å²) in [6.07, 6.45) is 3.56. The number of aromatic amines is 1. The third-order valence-corrected chi connectivity index (χ3v) is 1.71. The average Bonchev–Trinajstić information content (AvgIpc) is 2.70. The Hall–Kier alpha value is -2.11. The van der Waals surface area contributed by atoms with E-state index in [0.29, 0.717) is 18.2 Å². The Morgan fingerprint density at radius 1 is 1.36 bits per heavy atom. The maximum atomic E-state index is 5.40. The van der Waals surface area contributed by atoms with Crippen molar-refractivity contribution in [1.29, 1.82) is 0 Å². The van der Waals surface area contributed by atoms with Crippen molar-refractivity contribution in [2.24, 2.45) is 0 Å². The predicted octanol–water partition coefficient (Wildman–Crippen LogP) is 0.394. The molecule has 0 fully saturated rings. The van der Waals surface area contributed by atoms with Crippen LogP contribution in [0.1, 0.15) is 5.56 Å². The summed E-state index contributed by atoms with van der Waals surface area (Å²) in [5.41, 5.74) is 6.46. The van der Waals surface area contributed by atoms with E-state index in [2.05, 4.69) is 25.7 Å². The van der Waals surface area contributed by atoms with Gasteiger partial charge in [-0.2, -0.15) is 5.10 Å². The van der Waals surface area contributed by atoms with Crippen LogP contribution in [-0.4, -0.2) is 20.4 Å². The molecule has 0 amide bonds. The second-order valence-electron chi connectivity index (χ2n) is 2.80. The third kappa shape index (κ3) is 1.98. The quantitative estimate of drug-likeness (QED) is 0.651. The van der Waals surface area contributed by atoms with Crippen LogP contribution in [0, 0.1) is 0 Å². The molecule has 0 aromatic carbocycles. The summed E-state index contributed by atoms with van der Waals surface area (Å²) >= 11 is 0. The van der Waals surface area contributed by atoms with E-state index in [-0.39, 0.29) is 0 Å². The predicted molar refractivity (Wildman–Crippen MR) is 52.4 cm³/mol. The highest BCUT2D eigenvalue weighted by atomic mass is 15.2.